The third kappa shape index (κ3) is 3.54. The van der Waals surface area contributed by atoms with Gasteiger partial charge in [-0.1, -0.05) is 22.9 Å². The molecule has 62 valence electrons. The topological polar surface area (TPSA) is 40.5 Å². The lowest BCUT2D eigenvalue weighted by Gasteiger charge is -2.24. The van der Waals surface area contributed by atoms with Gasteiger partial charge in [0.25, 0.3) is 0 Å². The fraction of sp³-hybridized carbons (Fsp3) is 1.00. The van der Waals surface area contributed by atoms with Crippen LogP contribution < -0.4 is 0 Å². The highest BCUT2D eigenvalue weighted by molar-refractivity contribution is 9.09. The Balaban J connectivity index is 3.69. The van der Waals surface area contributed by atoms with Crippen molar-refractivity contribution >= 4 is 15.9 Å². The number of aliphatic hydroxyl groups excluding tert-OH is 2. The summed E-state index contributed by atoms with van der Waals surface area (Å²) in [6, 6.07) is 0. The maximum atomic E-state index is 8.66. The molecule has 0 saturated carbocycles. The lowest BCUT2D eigenvalue weighted by Crippen LogP contribution is -2.21. The zero-order valence-electron chi connectivity index (χ0n) is 6.31. The average molecular weight is 211 g/mol. The SMILES string of the molecule is CC(CBr)(CCO)CCO. The number of aliphatic hydroxyl groups is 2. The van der Waals surface area contributed by atoms with Crippen LogP contribution in [0.5, 0.6) is 0 Å². The van der Waals surface area contributed by atoms with E-state index in [-0.39, 0.29) is 18.6 Å². The standard InChI is InChI=1S/C7H15BrO2/c1-7(6-8,2-4-9)3-5-10/h9-10H,2-6H2,1H3. The minimum absolute atomic E-state index is 0.0590. The van der Waals surface area contributed by atoms with Gasteiger partial charge < -0.3 is 10.2 Å². The monoisotopic (exact) mass is 210 g/mol. The van der Waals surface area contributed by atoms with Gasteiger partial charge in [-0.25, -0.2) is 0 Å². The molecule has 2 N–H and O–H groups in total. The molecule has 0 unspecified atom stereocenters. The molecule has 0 aliphatic heterocycles. The number of halogens is 1. The summed E-state index contributed by atoms with van der Waals surface area (Å²) in [5.41, 5.74) is 0.0590. The average Bonchev–Trinajstić information content (AvgIpc) is 1.89. The molecule has 2 nitrogen and oxygen atoms in total. The highest BCUT2D eigenvalue weighted by Gasteiger charge is 2.20. The van der Waals surface area contributed by atoms with Gasteiger partial charge >= 0.3 is 0 Å². The van der Waals surface area contributed by atoms with Crippen molar-refractivity contribution in [3.8, 4) is 0 Å². The Bertz CT molecular complexity index is 79.7. The fourth-order valence-electron chi connectivity index (χ4n) is 0.798. The Hall–Kier alpha value is 0.400. The van der Waals surface area contributed by atoms with Gasteiger partial charge in [-0.2, -0.15) is 0 Å². The Morgan fingerprint density at radius 1 is 1.20 bits per heavy atom. The molecule has 0 aromatic carbocycles. The van der Waals surface area contributed by atoms with Gasteiger partial charge in [0, 0.05) is 18.5 Å². The van der Waals surface area contributed by atoms with E-state index in [0.29, 0.717) is 0 Å². The van der Waals surface area contributed by atoms with Crippen molar-refractivity contribution in [1.82, 2.24) is 0 Å². The van der Waals surface area contributed by atoms with E-state index in [2.05, 4.69) is 15.9 Å². The number of rotatable bonds is 5. The van der Waals surface area contributed by atoms with Crippen LogP contribution in [0, 0.1) is 5.41 Å². The summed E-state index contributed by atoms with van der Waals surface area (Å²) in [6.07, 6.45) is 1.50. The Labute approximate surface area is 70.4 Å². The number of hydrogen-bond acceptors (Lipinski definition) is 2. The van der Waals surface area contributed by atoms with Crippen molar-refractivity contribution < 1.29 is 10.2 Å². The normalized spacial score (nSPS) is 12.0. The predicted octanol–water partition coefficient (Wildman–Crippen LogP) is 1.15. The summed E-state index contributed by atoms with van der Waals surface area (Å²) in [5, 5.41) is 18.1. The van der Waals surface area contributed by atoms with Gasteiger partial charge in [0.15, 0.2) is 0 Å². The highest BCUT2D eigenvalue weighted by atomic mass is 79.9. The van der Waals surface area contributed by atoms with Crippen LogP contribution in [0.4, 0.5) is 0 Å². The van der Waals surface area contributed by atoms with Gasteiger partial charge in [0.1, 0.15) is 0 Å². The molecule has 0 heterocycles. The molecule has 3 heteroatoms. The molecular weight excluding hydrogens is 196 g/mol. The van der Waals surface area contributed by atoms with Crippen LogP contribution in [0.15, 0.2) is 0 Å². The van der Waals surface area contributed by atoms with Crippen LogP contribution >= 0.6 is 15.9 Å². The summed E-state index contributed by atoms with van der Waals surface area (Å²) in [6.45, 7) is 2.44. The Morgan fingerprint density at radius 3 is 1.80 bits per heavy atom. The van der Waals surface area contributed by atoms with E-state index >= 15 is 0 Å². The fourth-order valence-corrected chi connectivity index (χ4v) is 1.36. The maximum Gasteiger partial charge on any atom is 0.0436 e. The predicted molar refractivity (Wildman–Crippen MR) is 45.3 cm³/mol. The van der Waals surface area contributed by atoms with E-state index in [1.165, 1.54) is 0 Å². The van der Waals surface area contributed by atoms with Crippen LogP contribution in [-0.4, -0.2) is 28.8 Å². The molecule has 0 aliphatic rings. The van der Waals surface area contributed by atoms with E-state index < -0.39 is 0 Å². The van der Waals surface area contributed by atoms with Gasteiger partial charge in [-0.05, 0) is 18.3 Å². The minimum Gasteiger partial charge on any atom is -0.396 e. The summed E-state index contributed by atoms with van der Waals surface area (Å²) in [5.74, 6) is 0. The molecule has 0 aliphatic carbocycles. The first-order chi connectivity index (χ1) is 4.68. The molecule has 0 aromatic heterocycles. The summed E-state index contributed by atoms with van der Waals surface area (Å²) in [4.78, 5) is 0. The number of hydrogen-bond donors (Lipinski definition) is 2. The summed E-state index contributed by atoms with van der Waals surface area (Å²) < 4.78 is 0. The zero-order valence-corrected chi connectivity index (χ0v) is 7.89. The molecule has 0 amide bonds. The van der Waals surface area contributed by atoms with Crippen LogP contribution in [0.2, 0.25) is 0 Å². The second-order valence-electron chi connectivity index (χ2n) is 2.89. The molecule has 0 spiro atoms. The molecule has 0 bridgehead atoms. The molecular formula is C7H15BrO2. The second-order valence-corrected chi connectivity index (χ2v) is 3.45. The van der Waals surface area contributed by atoms with Crippen molar-refractivity contribution in [2.75, 3.05) is 18.5 Å². The Kier molecular flexibility index (Phi) is 5.31. The van der Waals surface area contributed by atoms with Gasteiger partial charge in [-0.15, -0.1) is 0 Å². The first kappa shape index (κ1) is 10.4. The smallest absolute Gasteiger partial charge is 0.0436 e. The summed E-state index contributed by atoms with van der Waals surface area (Å²) in [7, 11) is 0. The molecule has 0 radical (unpaired) electrons. The van der Waals surface area contributed by atoms with Crippen molar-refractivity contribution in [1.29, 1.82) is 0 Å². The molecule has 0 rings (SSSR count). The third-order valence-corrected chi connectivity index (χ3v) is 3.11. The lowest BCUT2D eigenvalue weighted by atomic mass is 9.86. The quantitative estimate of drug-likeness (QED) is 0.669. The van der Waals surface area contributed by atoms with Crippen molar-refractivity contribution in [2.24, 2.45) is 5.41 Å². The van der Waals surface area contributed by atoms with Crippen LogP contribution in [0.3, 0.4) is 0 Å². The van der Waals surface area contributed by atoms with Gasteiger partial charge in [0.05, 0.1) is 0 Å². The largest absolute Gasteiger partial charge is 0.396 e. The first-order valence-electron chi connectivity index (χ1n) is 3.46. The Morgan fingerprint density at radius 2 is 1.60 bits per heavy atom. The van der Waals surface area contributed by atoms with E-state index in [1.807, 2.05) is 6.92 Å². The molecule has 0 atom stereocenters. The zero-order chi connectivity index (χ0) is 8.04. The third-order valence-electron chi connectivity index (χ3n) is 1.75. The molecule has 0 aromatic rings. The van der Waals surface area contributed by atoms with Crippen molar-refractivity contribution in [3.05, 3.63) is 0 Å². The summed E-state index contributed by atoms with van der Waals surface area (Å²) >= 11 is 3.35. The number of alkyl halides is 1. The van der Waals surface area contributed by atoms with E-state index in [1.54, 1.807) is 0 Å². The first-order valence-corrected chi connectivity index (χ1v) is 4.58. The van der Waals surface area contributed by atoms with Crippen LogP contribution in [0.1, 0.15) is 19.8 Å². The molecule has 10 heavy (non-hydrogen) atoms. The van der Waals surface area contributed by atoms with Crippen LogP contribution in [0.25, 0.3) is 0 Å². The molecule has 0 saturated heterocycles. The lowest BCUT2D eigenvalue weighted by molar-refractivity contribution is 0.168. The maximum absolute atomic E-state index is 8.66. The van der Waals surface area contributed by atoms with E-state index in [0.717, 1.165) is 18.2 Å². The van der Waals surface area contributed by atoms with E-state index in [9.17, 15) is 0 Å². The van der Waals surface area contributed by atoms with Crippen LogP contribution in [-0.2, 0) is 0 Å². The van der Waals surface area contributed by atoms with E-state index in [4.69, 9.17) is 10.2 Å². The van der Waals surface area contributed by atoms with Gasteiger partial charge in [-0.3, -0.25) is 0 Å². The second kappa shape index (κ2) is 5.10. The minimum atomic E-state index is 0.0590. The van der Waals surface area contributed by atoms with Crippen molar-refractivity contribution in [2.45, 2.75) is 19.8 Å². The highest BCUT2D eigenvalue weighted by Crippen LogP contribution is 2.27. The molecule has 0 fully saturated rings. The van der Waals surface area contributed by atoms with Gasteiger partial charge in [0.2, 0.25) is 0 Å². The van der Waals surface area contributed by atoms with Crippen molar-refractivity contribution in [3.63, 3.8) is 0 Å².